The van der Waals surface area contributed by atoms with Gasteiger partial charge in [0.05, 0.1) is 17.9 Å². The fourth-order valence-electron chi connectivity index (χ4n) is 3.41. The van der Waals surface area contributed by atoms with Crippen molar-refractivity contribution in [2.45, 2.75) is 6.92 Å². The molecule has 1 aliphatic heterocycles. The molecular formula is C23H17ClN2O5S. The Labute approximate surface area is 192 Å². The zero-order chi connectivity index (χ0) is 22.8. The van der Waals surface area contributed by atoms with E-state index in [2.05, 4.69) is 5.32 Å². The highest BCUT2D eigenvalue weighted by Gasteiger charge is 2.36. The van der Waals surface area contributed by atoms with E-state index in [9.17, 15) is 19.2 Å². The highest BCUT2D eigenvalue weighted by molar-refractivity contribution is 7.15. The lowest BCUT2D eigenvalue weighted by atomic mass is 10.0. The number of rotatable bonds is 6. The number of ether oxygens (including phenoxy) is 1. The maximum absolute atomic E-state index is 12.8. The lowest BCUT2D eigenvalue weighted by Crippen LogP contribution is -2.37. The monoisotopic (exact) mass is 468 g/mol. The number of amides is 2. The summed E-state index contributed by atoms with van der Waals surface area (Å²) in [5.74, 6) is -2.54. The van der Waals surface area contributed by atoms with Gasteiger partial charge in [-0.3, -0.25) is 19.3 Å². The summed E-state index contributed by atoms with van der Waals surface area (Å²) in [6.07, 6.45) is 0. The molecule has 1 N–H and O–H groups in total. The van der Waals surface area contributed by atoms with Crippen LogP contribution in [0.1, 0.15) is 27.6 Å². The average Bonchev–Trinajstić information content (AvgIpc) is 3.30. The number of hydrogen-bond donors (Lipinski definition) is 1. The zero-order valence-corrected chi connectivity index (χ0v) is 18.5. The Morgan fingerprint density at radius 3 is 2.50 bits per heavy atom. The smallest absolute Gasteiger partial charge is 0.341 e. The van der Waals surface area contributed by atoms with Gasteiger partial charge in [0.15, 0.2) is 0 Å². The third-order valence-electron chi connectivity index (χ3n) is 4.86. The zero-order valence-electron chi connectivity index (χ0n) is 16.9. The van der Waals surface area contributed by atoms with Crippen molar-refractivity contribution in [3.05, 3.63) is 70.1 Å². The Balaban J connectivity index is 1.61. The van der Waals surface area contributed by atoms with Crippen molar-refractivity contribution in [1.82, 2.24) is 0 Å². The lowest BCUT2D eigenvalue weighted by Gasteiger charge is -2.16. The first-order valence-corrected chi connectivity index (χ1v) is 11.0. The number of esters is 1. The molecule has 0 saturated carbocycles. The first kappa shape index (κ1) is 21.7. The molecule has 1 aliphatic rings. The van der Waals surface area contributed by atoms with Crippen LogP contribution in [0, 0.1) is 0 Å². The Kier molecular flexibility index (Phi) is 6.07. The molecule has 2 amide bonds. The van der Waals surface area contributed by atoms with Crippen molar-refractivity contribution >= 4 is 57.2 Å². The highest BCUT2D eigenvalue weighted by atomic mass is 35.5. The molecule has 3 aromatic rings. The Bertz CT molecular complexity index is 1240. The van der Waals surface area contributed by atoms with Gasteiger partial charge in [-0.2, -0.15) is 0 Å². The molecule has 4 rings (SSSR count). The summed E-state index contributed by atoms with van der Waals surface area (Å²) in [5, 5.41) is 5.28. The van der Waals surface area contributed by atoms with E-state index in [4.69, 9.17) is 16.3 Å². The second-order valence-electron chi connectivity index (χ2n) is 6.87. The van der Waals surface area contributed by atoms with Gasteiger partial charge in [-0.15, -0.1) is 11.3 Å². The predicted octanol–water partition coefficient (Wildman–Crippen LogP) is 4.41. The van der Waals surface area contributed by atoms with Gasteiger partial charge in [0, 0.05) is 16.0 Å². The largest absolute Gasteiger partial charge is 0.462 e. The number of carbonyl (C=O) groups is 4. The summed E-state index contributed by atoms with van der Waals surface area (Å²) in [6.45, 7) is 1.50. The van der Waals surface area contributed by atoms with E-state index < -0.39 is 23.6 Å². The first-order valence-electron chi connectivity index (χ1n) is 9.70. The molecule has 0 bridgehead atoms. The first-order chi connectivity index (χ1) is 15.4. The van der Waals surface area contributed by atoms with Crippen LogP contribution < -0.4 is 10.2 Å². The minimum Gasteiger partial charge on any atom is -0.462 e. The van der Waals surface area contributed by atoms with Crippen molar-refractivity contribution in [3.8, 4) is 11.1 Å². The summed E-state index contributed by atoms with van der Waals surface area (Å²) in [6, 6.07) is 13.4. The van der Waals surface area contributed by atoms with Crippen molar-refractivity contribution in [2.75, 3.05) is 23.4 Å². The van der Waals surface area contributed by atoms with Crippen LogP contribution in [-0.2, 0) is 14.3 Å². The third-order valence-corrected chi connectivity index (χ3v) is 6.01. The maximum Gasteiger partial charge on any atom is 0.341 e. The predicted molar refractivity (Wildman–Crippen MR) is 122 cm³/mol. The van der Waals surface area contributed by atoms with Gasteiger partial charge in [-0.25, -0.2) is 4.79 Å². The molecule has 1 aromatic heterocycles. The quantitative estimate of drug-likeness (QED) is 0.427. The Morgan fingerprint density at radius 2 is 1.78 bits per heavy atom. The fourth-order valence-corrected chi connectivity index (χ4v) is 4.51. The minimum absolute atomic E-state index is 0.170. The van der Waals surface area contributed by atoms with Gasteiger partial charge >= 0.3 is 5.97 Å². The van der Waals surface area contributed by atoms with Gasteiger partial charge in [0.25, 0.3) is 11.7 Å². The molecule has 7 nitrogen and oxygen atoms in total. The van der Waals surface area contributed by atoms with Crippen molar-refractivity contribution < 1.29 is 23.9 Å². The van der Waals surface area contributed by atoms with E-state index in [1.54, 1.807) is 60.8 Å². The number of ketones is 1. The number of fused-ring (bicyclic) bond motifs is 1. The van der Waals surface area contributed by atoms with Crippen molar-refractivity contribution in [1.29, 1.82) is 0 Å². The van der Waals surface area contributed by atoms with Crippen LogP contribution in [0.15, 0.2) is 53.9 Å². The van der Waals surface area contributed by atoms with E-state index in [1.807, 2.05) is 0 Å². The number of para-hydroxylation sites is 1. The van der Waals surface area contributed by atoms with Crippen LogP contribution in [0.25, 0.3) is 11.1 Å². The summed E-state index contributed by atoms with van der Waals surface area (Å²) in [5.41, 5.74) is 2.20. The number of thiophene rings is 1. The Morgan fingerprint density at radius 1 is 1.06 bits per heavy atom. The van der Waals surface area contributed by atoms with Crippen molar-refractivity contribution in [3.63, 3.8) is 0 Å². The standard InChI is InChI=1S/C23H17ClN2O5S/c1-2-31-23(30)19-16(13-7-9-14(24)10-8-13)12-32-21(19)25-18(27)11-26-17-6-4-3-5-15(17)20(28)22(26)29/h3-10,12H,2,11H2,1H3,(H,25,27). The summed E-state index contributed by atoms with van der Waals surface area (Å²) in [7, 11) is 0. The van der Waals surface area contributed by atoms with E-state index in [-0.39, 0.29) is 24.3 Å². The lowest BCUT2D eigenvalue weighted by molar-refractivity contribution is -0.118. The van der Waals surface area contributed by atoms with Crippen LogP contribution >= 0.6 is 22.9 Å². The van der Waals surface area contributed by atoms with Gasteiger partial charge in [-0.05, 0) is 36.8 Å². The summed E-state index contributed by atoms with van der Waals surface area (Å²) in [4.78, 5) is 51.1. The fraction of sp³-hybridized carbons (Fsp3) is 0.130. The molecule has 32 heavy (non-hydrogen) atoms. The second kappa shape index (κ2) is 8.94. The molecular weight excluding hydrogens is 452 g/mol. The Hall–Kier alpha value is -3.49. The molecule has 9 heteroatoms. The number of nitrogens with zero attached hydrogens (tertiary/aromatic N) is 1. The van der Waals surface area contributed by atoms with E-state index in [0.717, 1.165) is 10.5 Å². The van der Waals surface area contributed by atoms with Gasteiger partial charge in [-0.1, -0.05) is 35.9 Å². The van der Waals surface area contributed by atoms with Crippen molar-refractivity contribution in [2.24, 2.45) is 0 Å². The molecule has 2 heterocycles. The summed E-state index contributed by atoms with van der Waals surface area (Å²) < 4.78 is 5.19. The molecule has 0 fully saturated rings. The van der Waals surface area contributed by atoms with E-state index in [1.165, 1.54) is 11.3 Å². The molecule has 2 aromatic carbocycles. The summed E-state index contributed by atoms with van der Waals surface area (Å²) >= 11 is 7.13. The van der Waals surface area contributed by atoms with Gasteiger partial charge in [0.2, 0.25) is 5.91 Å². The number of hydrogen-bond acceptors (Lipinski definition) is 6. The maximum atomic E-state index is 12.8. The van der Waals surface area contributed by atoms with Crippen LogP contribution in [0.2, 0.25) is 5.02 Å². The minimum atomic E-state index is -0.764. The van der Waals surface area contributed by atoms with Crippen LogP contribution in [-0.4, -0.2) is 36.7 Å². The number of anilines is 2. The molecule has 162 valence electrons. The second-order valence-corrected chi connectivity index (χ2v) is 8.18. The molecule has 0 aliphatic carbocycles. The number of halogens is 1. The molecule has 0 atom stereocenters. The molecule has 0 unspecified atom stereocenters. The van der Waals surface area contributed by atoms with E-state index in [0.29, 0.717) is 21.3 Å². The number of nitrogens with one attached hydrogen (secondary N) is 1. The van der Waals surface area contributed by atoms with Gasteiger partial charge in [0.1, 0.15) is 17.1 Å². The normalized spacial score (nSPS) is 12.6. The van der Waals surface area contributed by atoms with Gasteiger partial charge < -0.3 is 10.1 Å². The average molecular weight is 469 g/mol. The molecule has 0 spiro atoms. The van der Waals surface area contributed by atoms with Crippen LogP contribution in [0.5, 0.6) is 0 Å². The van der Waals surface area contributed by atoms with Crippen LogP contribution in [0.4, 0.5) is 10.7 Å². The number of Topliss-reactive ketones (excluding diaryl/α,β-unsaturated/α-hetero) is 1. The third kappa shape index (κ3) is 4.02. The number of carbonyl (C=O) groups excluding carboxylic acids is 4. The molecule has 0 radical (unpaired) electrons. The molecule has 0 saturated heterocycles. The number of benzene rings is 2. The highest BCUT2D eigenvalue weighted by Crippen LogP contribution is 2.37. The topological polar surface area (TPSA) is 92.8 Å². The van der Waals surface area contributed by atoms with E-state index >= 15 is 0 Å². The van der Waals surface area contributed by atoms with Crippen LogP contribution in [0.3, 0.4) is 0 Å². The SMILES string of the molecule is CCOC(=O)c1c(-c2ccc(Cl)cc2)csc1NC(=O)CN1C(=O)C(=O)c2ccccc21.